The van der Waals surface area contributed by atoms with E-state index in [-0.39, 0.29) is 66.2 Å². The fourth-order valence-corrected chi connectivity index (χ4v) is 10.8. The van der Waals surface area contributed by atoms with Gasteiger partial charge in [-0.3, -0.25) is 23.7 Å². The number of piperidine rings is 1. The van der Waals surface area contributed by atoms with Gasteiger partial charge in [0.1, 0.15) is 24.0 Å². The minimum absolute atomic E-state index is 0.00902. The van der Waals surface area contributed by atoms with Crippen LogP contribution in [-0.2, 0) is 33.9 Å². The van der Waals surface area contributed by atoms with E-state index in [1.165, 1.54) is 17.0 Å². The zero-order valence-corrected chi connectivity index (χ0v) is 43.4. The lowest BCUT2D eigenvalue weighted by Gasteiger charge is -2.35. The van der Waals surface area contributed by atoms with Crippen molar-refractivity contribution in [1.29, 1.82) is 0 Å². The minimum Gasteiger partial charge on any atom is -0.482 e. The maximum absolute atomic E-state index is 14.2. The number of amides is 3. The summed E-state index contributed by atoms with van der Waals surface area (Å²) < 4.78 is 24.0. The van der Waals surface area contributed by atoms with Crippen LogP contribution in [0.25, 0.3) is 21.6 Å². The summed E-state index contributed by atoms with van der Waals surface area (Å²) in [7, 11) is 0. The first-order chi connectivity index (χ1) is 34.4. The van der Waals surface area contributed by atoms with Gasteiger partial charge in [0.25, 0.3) is 0 Å². The number of hydrogen-bond donors (Lipinski definition) is 4. The number of aromatic nitrogens is 7. The largest absolute Gasteiger partial charge is 0.482 e. The molecule has 0 bridgehead atoms. The highest BCUT2D eigenvalue weighted by atomic mass is 35.5. The molecule has 0 radical (unpaired) electrons. The summed E-state index contributed by atoms with van der Waals surface area (Å²) in [6.45, 7) is 12.4. The van der Waals surface area contributed by atoms with Crippen molar-refractivity contribution in [3.63, 3.8) is 0 Å². The van der Waals surface area contributed by atoms with Gasteiger partial charge < -0.3 is 36.0 Å². The number of ether oxygens (including phenoxy) is 1. The molecule has 2 fully saturated rings. The van der Waals surface area contributed by atoms with Crippen LogP contribution in [0.3, 0.4) is 0 Å². The second-order valence-electron chi connectivity index (χ2n) is 19.7. The standard InChI is InChI=1S/C51H61Cl2FN12O5S/c1-30-46(72-29-58-30)33-12-10-32(11-13-33)22-57-49(69)41-21-38(67)28-65(41)50(70)47(51(3,4)5)60-43(68)16-19-64-26-36(61-62-64)8-6-17-63-18-7-9-37(27-63)66-25-35(24-59-66)34-20-42(48(55)56-23-34)71-31(2)44-39(52)14-15-40(54)45(44)53/h10-15,20,23-26,29,31,37-38,41,47,67H,6-9,16-19,21-22,27-28H2,1-5H3,(H2,55,56)(H,57,69)(H,60,68)/t31?,37?,38-,41+,47?/m1/s1. The molecule has 2 aliphatic heterocycles. The van der Waals surface area contributed by atoms with Gasteiger partial charge in [-0.05, 0) is 87.4 Å². The molecule has 21 heteroatoms. The fourth-order valence-electron chi connectivity index (χ4n) is 9.28. The predicted octanol–water partition coefficient (Wildman–Crippen LogP) is 7.61. The molecule has 6 heterocycles. The number of pyridine rings is 1. The van der Waals surface area contributed by atoms with E-state index in [0.717, 1.165) is 77.4 Å². The number of thiazole rings is 1. The van der Waals surface area contributed by atoms with Gasteiger partial charge in [-0.15, -0.1) is 16.4 Å². The molecule has 3 amide bonds. The Morgan fingerprint density at radius 2 is 1.82 bits per heavy atom. The molecule has 3 unspecified atom stereocenters. The molecule has 382 valence electrons. The van der Waals surface area contributed by atoms with Crippen molar-refractivity contribution < 1.29 is 28.6 Å². The van der Waals surface area contributed by atoms with E-state index in [0.29, 0.717) is 17.7 Å². The molecule has 0 saturated carbocycles. The van der Waals surface area contributed by atoms with E-state index in [9.17, 15) is 23.9 Å². The van der Waals surface area contributed by atoms with Crippen molar-refractivity contribution >= 4 is 58.1 Å². The second-order valence-corrected chi connectivity index (χ2v) is 21.3. The lowest BCUT2D eigenvalue weighted by Crippen LogP contribution is -2.57. The van der Waals surface area contributed by atoms with Crippen LogP contribution in [0.15, 0.2) is 72.8 Å². The van der Waals surface area contributed by atoms with Crippen LogP contribution in [0.2, 0.25) is 10.0 Å². The Hall–Kier alpha value is -5.99. The molecule has 6 aromatic rings. The van der Waals surface area contributed by atoms with Crippen molar-refractivity contribution in [2.45, 2.75) is 117 Å². The first-order valence-corrected chi connectivity index (χ1v) is 25.8. The number of nitrogen functional groups attached to an aromatic ring is 1. The number of halogens is 3. The average molecular weight is 1040 g/mol. The summed E-state index contributed by atoms with van der Waals surface area (Å²) in [4.78, 5) is 54.7. The summed E-state index contributed by atoms with van der Waals surface area (Å²) in [6, 6.07) is 10.7. The SMILES string of the molecule is Cc1ncsc1-c1ccc(CNC(=O)[C@@H]2C[C@@H](O)CN2C(=O)C(NC(=O)CCn2cc(CCCN3CCCC(n4cc(-c5cnc(N)c(OC(C)c6c(Cl)ccc(F)c6Cl)c5)cn4)C3)nn2)C(C)(C)C)cc1. The van der Waals surface area contributed by atoms with Gasteiger partial charge in [0, 0.05) is 72.8 Å². The third kappa shape index (κ3) is 12.6. The van der Waals surface area contributed by atoms with Gasteiger partial charge in [-0.1, -0.05) is 73.5 Å². The lowest BCUT2D eigenvalue weighted by atomic mass is 9.85. The number of β-amino-alcohol motifs (C(OH)–C–C–N with tert-alkyl or cyclic N) is 1. The summed E-state index contributed by atoms with van der Waals surface area (Å²) in [5, 5.41) is 30.0. The van der Waals surface area contributed by atoms with Crippen molar-refractivity contribution in [3.05, 3.63) is 111 Å². The van der Waals surface area contributed by atoms with E-state index >= 15 is 0 Å². The first-order valence-electron chi connectivity index (χ1n) is 24.2. The lowest BCUT2D eigenvalue weighted by molar-refractivity contribution is -0.144. The zero-order valence-electron chi connectivity index (χ0n) is 41.0. The Kier molecular flexibility index (Phi) is 16.6. The molecule has 5 atom stereocenters. The number of aryl methyl sites for hydroxylation is 3. The highest BCUT2D eigenvalue weighted by Gasteiger charge is 2.44. The van der Waals surface area contributed by atoms with Gasteiger partial charge in [-0.25, -0.2) is 14.4 Å². The van der Waals surface area contributed by atoms with E-state index in [1.54, 1.807) is 41.4 Å². The van der Waals surface area contributed by atoms with Gasteiger partial charge in [0.2, 0.25) is 17.7 Å². The van der Waals surface area contributed by atoms with Crippen LogP contribution >= 0.6 is 34.5 Å². The Morgan fingerprint density at radius 3 is 2.57 bits per heavy atom. The van der Waals surface area contributed by atoms with Gasteiger partial charge >= 0.3 is 0 Å². The molecule has 2 aliphatic rings. The number of carbonyl (C=O) groups excluding carboxylic acids is 3. The molecule has 17 nitrogen and oxygen atoms in total. The predicted molar refractivity (Wildman–Crippen MR) is 275 cm³/mol. The Labute approximate surface area is 432 Å². The highest BCUT2D eigenvalue weighted by molar-refractivity contribution is 7.13. The summed E-state index contributed by atoms with van der Waals surface area (Å²) >= 11 is 14.1. The van der Waals surface area contributed by atoms with Crippen LogP contribution in [0.4, 0.5) is 10.2 Å². The molecule has 0 spiro atoms. The summed E-state index contributed by atoms with van der Waals surface area (Å²) in [5.74, 6) is -1.23. The van der Waals surface area contributed by atoms with Gasteiger partial charge in [0.05, 0.1) is 51.7 Å². The number of nitrogens with two attached hydrogens (primary N) is 1. The fraction of sp³-hybridized carbons (Fsp3) is 0.451. The van der Waals surface area contributed by atoms with Crippen molar-refractivity contribution in [2.24, 2.45) is 5.41 Å². The Bertz CT molecular complexity index is 2870. The van der Waals surface area contributed by atoms with E-state index < -0.39 is 41.4 Å². The van der Waals surface area contributed by atoms with Crippen molar-refractivity contribution in [3.8, 4) is 27.3 Å². The zero-order chi connectivity index (χ0) is 51.3. The van der Waals surface area contributed by atoms with E-state index in [4.69, 9.17) is 38.8 Å². The van der Waals surface area contributed by atoms with E-state index in [1.807, 2.05) is 74.5 Å². The quantitative estimate of drug-likeness (QED) is 0.0613. The molecule has 8 rings (SSSR count). The van der Waals surface area contributed by atoms with Crippen molar-refractivity contribution in [1.82, 2.24) is 55.2 Å². The Balaban J connectivity index is 0.785. The molecule has 5 N–H and O–H groups in total. The molecular weight excluding hydrogens is 983 g/mol. The number of likely N-dealkylation sites (tertiary alicyclic amines) is 2. The maximum Gasteiger partial charge on any atom is 0.246 e. The van der Waals surface area contributed by atoms with Gasteiger partial charge in [0.15, 0.2) is 11.6 Å². The number of carbonyl (C=O) groups is 3. The summed E-state index contributed by atoms with van der Waals surface area (Å²) in [6.07, 6.45) is 9.47. The minimum atomic E-state index is -0.940. The molecule has 0 aliphatic carbocycles. The van der Waals surface area contributed by atoms with Crippen LogP contribution in [0, 0.1) is 18.2 Å². The summed E-state index contributed by atoms with van der Waals surface area (Å²) in [5.41, 5.74) is 13.0. The highest BCUT2D eigenvalue weighted by Crippen LogP contribution is 2.37. The van der Waals surface area contributed by atoms with Crippen LogP contribution in [-0.4, -0.2) is 112 Å². The third-order valence-electron chi connectivity index (χ3n) is 13.2. The van der Waals surface area contributed by atoms with Crippen LogP contribution < -0.4 is 21.1 Å². The van der Waals surface area contributed by atoms with Crippen LogP contribution in [0.5, 0.6) is 5.75 Å². The number of benzene rings is 2. The number of hydrogen-bond acceptors (Lipinski definition) is 13. The smallest absolute Gasteiger partial charge is 0.246 e. The van der Waals surface area contributed by atoms with Crippen molar-refractivity contribution in [2.75, 3.05) is 31.9 Å². The van der Waals surface area contributed by atoms with Gasteiger partial charge in [-0.2, -0.15) is 5.10 Å². The first kappa shape index (κ1) is 52.3. The molecular formula is C51H61Cl2FN12O5S. The molecule has 72 heavy (non-hydrogen) atoms. The second kappa shape index (κ2) is 22.8. The number of nitrogens with one attached hydrogen (secondary N) is 2. The molecule has 2 saturated heterocycles. The monoisotopic (exact) mass is 1040 g/mol. The Morgan fingerprint density at radius 1 is 1.03 bits per heavy atom. The van der Waals surface area contributed by atoms with Crippen LogP contribution in [0.1, 0.15) is 94.5 Å². The average Bonchev–Trinajstić information content (AvgIpc) is 4.19. The number of rotatable bonds is 18. The number of anilines is 1. The molecule has 4 aromatic heterocycles. The normalized spacial score (nSPS) is 18.2. The third-order valence-corrected chi connectivity index (χ3v) is 14.9. The maximum atomic E-state index is 14.2. The number of nitrogens with zero attached hydrogens (tertiary/aromatic N) is 9. The molecule has 2 aromatic carbocycles. The number of aliphatic hydroxyl groups is 1. The topological polar surface area (TPSA) is 212 Å². The number of aliphatic hydroxyl groups excluding tert-OH is 1. The van der Waals surface area contributed by atoms with E-state index in [2.05, 4.69) is 35.8 Å².